The first-order chi connectivity index (χ1) is 8.24. The van der Waals surface area contributed by atoms with Crippen LogP contribution in [0.4, 0.5) is 4.39 Å². The highest BCUT2D eigenvalue weighted by molar-refractivity contribution is 5.77. The molecule has 0 unspecified atom stereocenters. The summed E-state index contributed by atoms with van der Waals surface area (Å²) in [6, 6.07) is 7.91. The van der Waals surface area contributed by atoms with Gasteiger partial charge in [-0.1, -0.05) is 6.07 Å². The molecule has 0 fully saturated rings. The maximum Gasteiger partial charge on any atom is 0.212 e. The van der Waals surface area contributed by atoms with Gasteiger partial charge < -0.3 is 4.74 Å². The molecule has 0 saturated carbocycles. The smallest absolute Gasteiger partial charge is 0.212 e. The fraction of sp³-hybridized carbons (Fsp3) is 0.0769. The third kappa shape index (κ3) is 2.30. The number of aldehydes is 1. The first kappa shape index (κ1) is 11.3. The average molecular weight is 231 g/mol. The summed E-state index contributed by atoms with van der Waals surface area (Å²) < 4.78 is 18.3. The second-order valence-corrected chi connectivity index (χ2v) is 3.44. The van der Waals surface area contributed by atoms with Crippen molar-refractivity contribution in [2.45, 2.75) is 0 Å². The number of ether oxygens (including phenoxy) is 1. The molecule has 0 N–H and O–H groups in total. The van der Waals surface area contributed by atoms with Gasteiger partial charge in [0.1, 0.15) is 5.82 Å². The SMILES string of the molecule is COc1ccc(-c2ccc(C=O)c(F)c2)cn1. The number of aromatic nitrogens is 1. The molecule has 1 aromatic heterocycles. The summed E-state index contributed by atoms with van der Waals surface area (Å²) in [6.45, 7) is 0. The van der Waals surface area contributed by atoms with E-state index in [0.717, 1.165) is 5.56 Å². The maximum atomic E-state index is 13.4. The van der Waals surface area contributed by atoms with E-state index in [1.165, 1.54) is 19.2 Å². The van der Waals surface area contributed by atoms with Crippen molar-refractivity contribution in [1.82, 2.24) is 4.98 Å². The number of hydrogen-bond donors (Lipinski definition) is 0. The molecule has 0 spiro atoms. The van der Waals surface area contributed by atoms with Crippen LogP contribution in [0, 0.1) is 5.82 Å². The molecule has 86 valence electrons. The first-order valence-corrected chi connectivity index (χ1v) is 4.99. The van der Waals surface area contributed by atoms with Gasteiger partial charge in [-0.05, 0) is 23.8 Å². The van der Waals surface area contributed by atoms with E-state index in [1.54, 1.807) is 24.4 Å². The van der Waals surface area contributed by atoms with Crippen molar-refractivity contribution >= 4 is 6.29 Å². The largest absolute Gasteiger partial charge is 0.481 e. The predicted molar refractivity (Wildman–Crippen MR) is 61.6 cm³/mol. The summed E-state index contributed by atoms with van der Waals surface area (Å²) in [6.07, 6.45) is 2.08. The molecule has 0 radical (unpaired) electrons. The van der Waals surface area contributed by atoms with Gasteiger partial charge in [-0.3, -0.25) is 4.79 Å². The van der Waals surface area contributed by atoms with Crippen LogP contribution in [0.5, 0.6) is 5.88 Å². The van der Waals surface area contributed by atoms with Gasteiger partial charge in [-0.2, -0.15) is 0 Å². The first-order valence-electron chi connectivity index (χ1n) is 4.99. The molecule has 1 heterocycles. The summed E-state index contributed by atoms with van der Waals surface area (Å²) in [5.74, 6) is -0.0351. The summed E-state index contributed by atoms with van der Waals surface area (Å²) >= 11 is 0. The Hall–Kier alpha value is -2.23. The van der Waals surface area contributed by atoms with Gasteiger partial charge in [-0.15, -0.1) is 0 Å². The number of nitrogens with zero attached hydrogens (tertiary/aromatic N) is 1. The third-order valence-electron chi connectivity index (χ3n) is 2.41. The Kier molecular flexibility index (Phi) is 3.14. The van der Waals surface area contributed by atoms with Crippen molar-refractivity contribution in [2.24, 2.45) is 0 Å². The van der Waals surface area contributed by atoms with Crippen molar-refractivity contribution in [3.05, 3.63) is 47.9 Å². The molecule has 17 heavy (non-hydrogen) atoms. The van der Waals surface area contributed by atoms with Gasteiger partial charge in [-0.25, -0.2) is 9.37 Å². The highest BCUT2D eigenvalue weighted by Gasteiger charge is 2.04. The Morgan fingerprint density at radius 3 is 2.53 bits per heavy atom. The predicted octanol–water partition coefficient (Wildman–Crippen LogP) is 2.71. The molecule has 0 atom stereocenters. The highest BCUT2D eigenvalue weighted by atomic mass is 19.1. The van der Waals surface area contributed by atoms with E-state index in [9.17, 15) is 9.18 Å². The van der Waals surface area contributed by atoms with Crippen LogP contribution in [0.15, 0.2) is 36.5 Å². The zero-order valence-corrected chi connectivity index (χ0v) is 9.18. The Labute approximate surface area is 97.9 Å². The molecule has 4 heteroatoms. The molecule has 0 aliphatic carbocycles. The Bertz CT molecular complexity index is 538. The summed E-state index contributed by atoms with van der Waals surface area (Å²) in [5.41, 5.74) is 1.49. The number of pyridine rings is 1. The van der Waals surface area contributed by atoms with E-state index in [4.69, 9.17) is 4.74 Å². The molecule has 0 saturated heterocycles. The van der Waals surface area contributed by atoms with Crippen LogP contribution in [0.2, 0.25) is 0 Å². The van der Waals surface area contributed by atoms with E-state index in [-0.39, 0.29) is 5.56 Å². The fourth-order valence-electron chi connectivity index (χ4n) is 1.47. The van der Waals surface area contributed by atoms with Crippen molar-refractivity contribution < 1.29 is 13.9 Å². The van der Waals surface area contributed by atoms with Crippen molar-refractivity contribution in [2.75, 3.05) is 7.11 Å². The van der Waals surface area contributed by atoms with E-state index in [1.807, 2.05) is 0 Å². The minimum Gasteiger partial charge on any atom is -0.481 e. The standard InChI is InChI=1S/C13H10FNO2/c1-17-13-5-4-10(7-15-13)9-2-3-11(8-16)12(14)6-9/h2-8H,1H3. The van der Waals surface area contributed by atoms with E-state index < -0.39 is 5.82 Å². The van der Waals surface area contributed by atoms with Crippen LogP contribution in [0.1, 0.15) is 10.4 Å². The summed E-state index contributed by atoms with van der Waals surface area (Å²) in [4.78, 5) is 14.5. The van der Waals surface area contributed by atoms with Crippen molar-refractivity contribution in [1.29, 1.82) is 0 Å². The molecule has 0 amide bonds. The van der Waals surface area contributed by atoms with Crippen LogP contribution >= 0.6 is 0 Å². The lowest BCUT2D eigenvalue weighted by Gasteiger charge is -2.04. The molecule has 2 aromatic rings. The molecule has 3 nitrogen and oxygen atoms in total. The Balaban J connectivity index is 2.38. The minimum absolute atomic E-state index is 0.0511. The number of methoxy groups -OCH3 is 1. The number of carbonyl (C=O) groups is 1. The quantitative estimate of drug-likeness (QED) is 0.762. The van der Waals surface area contributed by atoms with E-state index in [0.29, 0.717) is 17.7 Å². The van der Waals surface area contributed by atoms with Gasteiger partial charge in [0.2, 0.25) is 5.88 Å². The van der Waals surface area contributed by atoms with Crippen LogP contribution in [-0.4, -0.2) is 18.4 Å². The topological polar surface area (TPSA) is 39.2 Å². The van der Waals surface area contributed by atoms with Gasteiger partial charge in [0.05, 0.1) is 12.7 Å². The minimum atomic E-state index is -0.534. The third-order valence-corrected chi connectivity index (χ3v) is 2.41. The molecular formula is C13H10FNO2. The lowest BCUT2D eigenvalue weighted by molar-refractivity contribution is 0.112. The monoisotopic (exact) mass is 231 g/mol. The van der Waals surface area contributed by atoms with Crippen LogP contribution < -0.4 is 4.74 Å². The maximum absolute atomic E-state index is 13.4. The number of halogens is 1. The fourth-order valence-corrected chi connectivity index (χ4v) is 1.47. The van der Waals surface area contributed by atoms with Crippen LogP contribution in [-0.2, 0) is 0 Å². The van der Waals surface area contributed by atoms with E-state index >= 15 is 0 Å². The summed E-state index contributed by atoms with van der Waals surface area (Å²) in [7, 11) is 1.53. The second kappa shape index (κ2) is 4.74. The molecule has 2 rings (SSSR count). The summed E-state index contributed by atoms with van der Waals surface area (Å²) in [5, 5.41) is 0. The Morgan fingerprint density at radius 2 is 2.00 bits per heavy atom. The van der Waals surface area contributed by atoms with Crippen LogP contribution in [0.25, 0.3) is 11.1 Å². The van der Waals surface area contributed by atoms with Gasteiger partial charge in [0.15, 0.2) is 6.29 Å². The van der Waals surface area contributed by atoms with Crippen LogP contribution in [0.3, 0.4) is 0 Å². The lowest BCUT2D eigenvalue weighted by Crippen LogP contribution is -1.90. The Morgan fingerprint density at radius 1 is 1.24 bits per heavy atom. The number of carbonyl (C=O) groups excluding carboxylic acids is 1. The van der Waals surface area contributed by atoms with Gasteiger partial charge in [0.25, 0.3) is 0 Å². The lowest BCUT2D eigenvalue weighted by atomic mass is 10.1. The molecule has 1 aromatic carbocycles. The van der Waals surface area contributed by atoms with Gasteiger partial charge in [0, 0.05) is 17.8 Å². The molecule has 0 aliphatic rings. The second-order valence-electron chi connectivity index (χ2n) is 3.44. The highest BCUT2D eigenvalue weighted by Crippen LogP contribution is 2.22. The normalized spacial score (nSPS) is 10.0. The molecular weight excluding hydrogens is 221 g/mol. The number of benzene rings is 1. The number of hydrogen-bond acceptors (Lipinski definition) is 3. The van der Waals surface area contributed by atoms with Crippen molar-refractivity contribution in [3.8, 4) is 17.0 Å². The number of rotatable bonds is 3. The molecule has 0 bridgehead atoms. The average Bonchev–Trinajstić information content (AvgIpc) is 2.39. The van der Waals surface area contributed by atoms with Crippen molar-refractivity contribution in [3.63, 3.8) is 0 Å². The zero-order chi connectivity index (χ0) is 12.3. The zero-order valence-electron chi connectivity index (χ0n) is 9.18. The van der Waals surface area contributed by atoms with Gasteiger partial charge >= 0.3 is 0 Å². The molecule has 0 aliphatic heterocycles. The van der Waals surface area contributed by atoms with E-state index in [2.05, 4.69) is 4.98 Å².